The number of nitrogens with one attached hydrogen (secondary N) is 5. The molecule has 2 fully saturated rings. The van der Waals surface area contributed by atoms with Crippen molar-refractivity contribution in [1.82, 2.24) is 31.1 Å². The molecule has 0 saturated carbocycles. The number of carbonyl (C=O) groups excluding carboxylic acids is 7. The Labute approximate surface area is 376 Å². The number of benzene rings is 2. The zero-order chi connectivity index (χ0) is 44.6. The lowest BCUT2D eigenvalue weighted by atomic mass is 10.0. The second-order valence-electron chi connectivity index (χ2n) is 14.9. The molecule has 8 rings (SSSR count). The molecular formula is C41H37Cl2F2N7O7S3. The molecular weight excluding hydrogens is 908 g/mol. The monoisotopic (exact) mass is 943 g/mol. The molecule has 2 saturated heterocycles. The number of thiophene rings is 2. The van der Waals surface area contributed by atoms with Gasteiger partial charge in [-0.25, -0.2) is 0 Å². The van der Waals surface area contributed by atoms with Gasteiger partial charge in [0, 0.05) is 57.0 Å². The van der Waals surface area contributed by atoms with E-state index in [4.69, 9.17) is 35.4 Å². The van der Waals surface area contributed by atoms with E-state index in [1.807, 2.05) is 31.2 Å². The third kappa shape index (κ3) is 9.51. The Morgan fingerprint density at radius 3 is 1.71 bits per heavy atom. The van der Waals surface area contributed by atoms with Gasteiger partial charge in [-0.05, 0) is 91.5 Å². The smallest absolute Gasteiger partial charge is 0.349 e. The number of hydrogen-bond acceptors (Lipinski definition) is 10. The predicted molar refractivity (Wildman–Crippen MR) is 232 cm³/mol. The number of fused-ring (bicyclic) bond motifs is 2. The summed E-state index contributed by atoms with van der Waals surface area (Å²) in [5, 5.41) is 14.2. The summed E-state index contributed by atoms with van der Waals surface area (Å²) in [5.74, 6) is -7.31. The van der Waals surface area contributed by atoms with E-state index in [0.717, 1.165) is 45.2 Å². The summed E-state index contributed by atoms with van der Waals surface area (Å²) in [5.41, 5.74) is 3.46. The van der Waals surface area contributed by atoms with Crippen molar-refractivity contribution < 1.29 is 42.3 Å². The van der Waals surface area contributed by atoms with Crippen LogP contribution in [0.4, 0.5) is 14.5 Å². The van der Waals surface area contributed by atoms with Gasteiger partial charge in [0.15, 0.2) is 5.11 Å². The third-order valence-electron chi connectivity index (χ3n) is 10.6. The van der Waals surface area contributed by atoms with Crippen molar-refractivity contribution >= 4 is 110 Å². The highest BCUT2D eigenvalue weighted by Gasteiger charge is 2.43. The van der Waals surface area contributed by atoms with Crippen molar-refractivity contribution in [3.63, 3.8) is 0 Å². The third-order valence-corrected chi connectivity index (χ3v) is 14.0. The minimum absolute atomic E-state index is 0.142. The fourth-order valence-electron chi connectivity index (χ4n) is 7.19. The van der Waals surface area contributed by atoms with Crippen molar-refractivity contribution in [2.45, 2.75) is 83.7 Å². The van der Waals surface area contributed by atoms with Crippen molar-refractivity contribution in [3.8, 4) is 0 Å². The van der Waals surface area contributed by atoms with E-state index >= 15 is 0 Å². The number of aryl methyl sites for hydroxylation is 2. The Bertz CT molecular complexity index is 2570. The average molecular weight is 945 g/mol. The van der Waals surface area contributed by atoms with Crippen LogP contribution in [0.1, 0.15) is 82.6 Å². The van der Waals surface area contributed by atoms with Crippen LogP contribution in [0.3, 0.4) is 0 Å². The molecule has 62 heavy (non-hydrogen) atoms. The molecule has 0 aliphatic carbocycles. The van der Waals surface area contributed by atoms with Crippen LogP contribution < -0.4 is 26.6 Å². The quantitative estimate of drug-likeness (QED) is 0.101. The van der Waals surface area contributed by atoms with Gasteiger partial charge >= 0.3 is 5.92 Å². The van der Waals surface area contributed by atoms with Crippen LogP contribution in [0.5, 0.6) is 0 Å². The molecule has 0 spiro atoms. The van der Waals surface area contributed by atoms with Gasteiger partial charge in [0.05, 0.1) is 22.8 Å². The number of thiocarbonyl (C=S) groups is 1. The lowest BCUT2D eigenvalue weighted by Crippen LogP contribution is -2.52. The number of imide groups is 2. The number of anilines is 1. The highest BCUT2D eigenvalue weighted by molar-refractivity contribution is 7.80. The van der Waals surface area contributed by atoms with Gasteiger partial charge in [-0.1, -0.05) is 41.4 Å². The number of hydrogen-bond donors (Lipinski definition) is 5. The van der Waals surface area contributed by atoms with Crippen molar-refractivity contribution in [2.75, 3.05) is 5.32 Å². The SMILES string of the molecule is Cc1ccc(C(F)(F)C(=O)NCc2cc3c(s2)C(=O)N(C2CCC(=O)NC2=O)C3)cc1Cl.Cc1ccc(NC(=S)NCc2cc3c(s2)C(=O)N(C2CCC(=O)NC2=O)C3)cc1Cl. The molecule has 6 heterocycles. The molecule has 21 heteroatoms. The number of rotatable bonds is 9. The van der Waals surface area contributed by atoms with Gasteiger partial charge in [0.1, 0.15) is 12.1 Å². The molecule has 7 amide bonds. The predicted octanol–water partition coefficient (Wildman–Crippen LogP) is 5.84. The Balaban J connectivity index is 0.000000187. The Kier molecular flexibility index (Phi) is 13.1. The Morgan fingerprint density at radius 2 is 1.24 bits per heavy atom. The summed E-state index contributed by atoms with van der Waals surface area (Å²) in [7, 11) is 0. The normalized spacial score (nSPS) is 18.4. The Hall–Kier alpha value is -5.34. The number of piperidine rings is 2. The summed E-state index contributed by atoms with van der Waals surface area (Å²) in [6.07, 6.45) is 1.03. The maximum absolute atomic E-state index is 14.5. The van der Waals surface area contributed by atoms with Crippen LogP contribution in [0.25, 0.3) is 0 Å². The zero-order valence-electron chi connectivity index (χ0n) is 32.9. The number of carbonyl (C=O) groups is 7. The fraction of sp³-hybridized carbons (Fsp3) is 0.317. The summed E-state index contributed by atoms with van der Waals surface area (Å²) >= 11 is 19.8. The maximum atomic E-state index is 14.5. The van der Waals surface area contributed by atoms with Gasteiger partial charge in [0.25, 0.3) is 17.7 Å². The van der Waals surface area contributed by atoms with Crippen LogP contribution in [-0.2, 0) is 56.1 Å². The van der Waals surface area contributed by atoms with Crippen LogP contribution in [0.2, 0.25) is 10.0 Å². The van der Waals surface area contributed by atoms with Gasteiger partial charge in [-0.3, -0.25) is 44.2 Å². The molecule has 2 aromatic carbocycles. The first kappa shape index (κ1) is 44.7. The first-order valence-electron chi connectivity index (χ1n) is 19.2. The lowest BCUT2D eigenvalue weighted by Gasteiger charge is -2.29. The van der Waals surface area contributed by atoms with E-state index in [1.54, 1.807) is 17.9 Å². The van der Waals surface area contributed by atoms with Gasteiger partial charge < -0.3 is 25.8 Å². The van der Waals surface area contributed by atoms with E-state index < -0.39 is 41.3 Å². The summed E-state index contributed by atoms with van der Waals surface area (Å²) < 4.78 is 29.0. The molecule has 2 aromatic heterocycles. The molecule has 324 valence electrons. The fourth-order valence-corrected chi connectivity index (χ4v) is 9.87. The number of nitrogens with zero attached hydrogens (tertiary/aromatic N) is 2. The molecule has 2 atom stereocenters. The summed E-state index contributed by atoms with van der Waals surface area (Å²) in [6.45, 7) is 4.47. The summed E-state index contributed by atoms with van der Waals surface area (Å²) in [4.78, 5) is 90.0. The number of alkyl halides is 2. The molecule has 2 unspecified atom stereocenters. The highest BCUT2D eigenvalue weighted by Crippen LogP contribution is 2.36. The van der Waals surface area contributed by atoms with E-state index in [9.17, 15) is 42.3 Å². The zero-order valence-corrected chi connectivity index (χ0v) is 36.9. The largest absolute Gasteiger partial charge is 0.358 e. The van der Waals surface area contributed by atoms with Crippen LogP contribution in [-0.4, -0.2) is 68.3 Å². The second-order valence-corrected chi connectivity index (χ2v) is 18.4. The first-order chi connectivity index (χ1) is 29.4. The Morgan fingerprint density at radius 1 is 0.758 bits per heavy atom. The standard InChI is InChI=1S/C21H18ClF2N3O4S.C20H19ClN4O3S2/c1-10-2-3-12(7-14(10)22)21(23,24)20(31)25-8-13-6-11-9-27(19(30)17(11)32-13)15-4-5-16(28)26-18(15)29;1-10-2-3-12(7-14(10)21)23-20(29)22-8-13-6-11-9-25(19(28)17(11)30-13)15-4-5-16(26)24-18(15)27/h2-3,6-7,15H,4-5,8-9H2,1H3,(H,25,31)(H,26,28,29);2-3,6-7,15H,4-5,8-9H2,1H3,(H2,22,23,29)(H,24,26,27). The highest BCUT2D eigenvalue weighted by atomic mass is 35.5. The van der Waals surface area contributed by atoms with Crippen LogP contribution in [0.15, 0.2) is 48.5 Å². The average Bonchev–Trinajstić information content (AvgIpc) is 3.97. The van der Waals surface area contributed by atoms with Gasteiger partial charge in [0.2, 0.25) is 23.6 Å². The molecule has 4 aliphatic rings. The number of halogens is 4. The van der Waals surface area contributed by atoms with Crippen molar-refractivity contribution in [3.05, 3.63) is 106 Å². The molecule has 0 radical (unpaired) electrons. The van der Waals surface area contributed by atoms with Crippen molar-refractivity contribution in [2.24, 2.45) is 0 Å². The molecule has 0 bridgehead atoms. The summed E-state index contributed by atoms with van der Waals surface area (Å²) in [6, 6.07) is 11.6. The topological polar surface area (TPSA) is 186 Å². The van der Waals surface area contributed by atoms with Gasteiger partial charge in [-0.2, -0.15) is 8.78 Å². The molecule has 4 aromatic rings. The molecule has 14 nitrogen and oxygen atoms in total. The van der Waals surface area contributed by atoms with Crippen LogP contribution >= 0.6 is 58.1 Å². The lowest BCUT2D eigenvalue weighted by molar-refractivity contribution is -0.147. The molecule has 5 N–H and O–H groups in total. The van der Waals surface area contributed by atoms with Crippen molar-refractivity contribution in [1.29, 1.82) is 0 Å². The van der Waals surface area contributed by atoms with Gasteiger partial charge in [-0.15, -0.1) is 22.7 Å². The van der Waals surface area contributed by atoms with E-state index in [-0.39, 0.29) is 61.0 Å². The van der Waals surface area contributed by atoms with E-state index in [0.29, 0.717) is 55.4 Å². The second kappa shape index (κ2) is 18.2. The minimum atomic E-state index is -3.77. The minimum Gasteiger partial charge on any atom is -0.358 e. The first-order valence-corrected chi connectivity index (χ1v) is 22.0. The number of amides is 7. The maximum Gasteiger partial charge on any atom is 0.349 e. The van der Waals surface area contributed by atoms with Crippen LogP contribution in [0, 0.1) is 13.8 Å². The van der Waals surface area contributed by atoms with E-state index in [1.165, 1.54) is 22.3 Å². The molecule has 4 aliphatic heterocycles. The van der Waals surface area contributed by atoms with E-state index in [2.05, 4.69) is 26.6 Å².